The molecule has 0 aliphatic carbocycles. The SMILES string of the molecule is CCCNC(C)(CCSc1cccc(Br)c1)C(=O)O. The van der Waals surface area contributed by atoms with Gasteiger partial charge in [0.1, 0.15) is 5.54 Å². The molecule has 0 amide bonds. The molecule has 0 aromatic heterocycles. The standard InChI is InChI=1S/C14H20BrNO2S/c1-3-8-16-14(2,13(17)18)7-9-19-12-6-4-5-11(15)10-12/h4-6,10,16H,3,7-9H2,1-2H3,(H,17,18). The summed E-state index contributed by atoms with van der Waals surface area (Å²) in [6.45, 7) is 4.52. The van der Waals surface area contributed by atoms with Gasteiger partial charge in [-0.3, -0.25) is 4.79 Å². The predicted octanol–water partition coefficient (Wildman–Crippen LogP) is 3.77. The summed E-state index contributed by atoms with van der Waals surface area (Å²) in [6.07, 6.45) is 1.53. The third-order valence-corrected chi connectivity index (χ3v) is 4.39. The molecule has 0 fully saturated rings. The lowest BCUT2D eigenvalue weighted by Gasteiger charge is -2.26. The minimum atomic E-state index is -0.838. The van der Waals surface area contributed by atoms with Gasteiger partial charge in [-0.05, 0) is 44.5 Å². The van der Waals surface area contributed by atoms with Gasteiger partial charge in [0.2, 0.25) is 0 Å². The number of aliphatic carboxylic acids is 1. The Hall–Kier alpha value is -0.520. The van der Waals surface area contributed by atoms with Crippen LogP contribution in [-0.2, 0) is 4.79 Å². The summed E-state index contributed by atoms with van der Waals surface area (Å²) in [5.41, 5.74) is -0.838. The summed E-state index contributed by atoms with van der Waals surface area (Å²) in [7, 11) is 0. The highest BCUT2D eigenvalue weighted by Crippen LogP contribution is 2.24. The molecule has 1 rings (SSSR count). The zero-order valence-electron chi connectivity index (χ0n) is 11.3. The monoisotopic (exact) mass is 345 g/mol. The zero-order valence-corrected chi connectivity index (χ0v) is 13.7. The number of carboxylic acid groups (broad SMARTS) is 1. The lowest BCUT2D eigenvalue weighted by atomic mass is 9.99. The number of rotatable bonds is 8. The van der Waals surface area contributed by atoms with E-state index in [4.69, 9.17) is 0 Å². The van der Waals surface area contributed by atoms with Crippen LogP contribution in [0.2, 0.25) is 0 Å². The maximum atomic E-state index is 11.3. The van der Waals surface area contributed by atoms with Crippen LogP contribution in [0, 0.1) is 0 Å². The van der Waals surface area contributed by atoms with Crippen molar-refractivity contribution in [3.63, 3.8) is 0 Å². The molecule has 1 unspecified atom stereocenters. The molecule has 1 atom stereocenters. The molecule has 3 nitrogen and oxygen atoms in total. The van der Waals surface area contributed by atoms with E-state index >= 15 is 0 Å². The number of thioether (sulfide) groups is 1. The van der Waals surface area contributed by atoms with E-state index in [0.29, 0.717) is 6.42 Å². The topological polar surface area (TPSA) is 49.3 Å². The fourth-order valence-corrected chi connectivity index (χ4v) is 3.28. The van der Waals surface area contributed by atoms with Gasteiger partial charge in [-0.2, -0.15) is 0 Å². The van der Waals surface area contributed by atoms with Gasteiger partial charge >= 0.3 is 5.97 Å². The maximum absolute atomic E-state index is 11.3. The number of nitrogens with one attached hydrogen (secondary N) is 1. The Morgan fingerprint density at radius 3 is 2.84 bits per heavy atom. The Morgan fingerprint density at radius 1 is 1.53 bits per heavy atom. The first-order chi connectivity index (χ1) is 8.98. The molecule has 0 bridgehead atoms. The van der Waals surface area contributed by atoms with Crippen molar-refractivity contribution in [2.24, 2.45) is 0 Å². The van der Waals surface area contributed by atoms with E-state index in [2.05, 4.69) is 21.2 Å². The highest BCUT2D eigenvalue weighted by Gasteiger charge is 2.31. The van der Waals surface area contributed by atoms with Gasteiger partial charge in [-0.1, -0.05) is 28.9 Å². The Balaban J connectivity index is 2.50. The van der Waals surface area contributed by atoms with Crippen LogP contribution in [0.1, 0.15) is 26.7 Å². The molecule has 1 aromatic carbocycles. The number of hydrogen-bond donors (Lipinski definition) is 2. The third-order valence-electron chi connectivity index (χ3n) is 2.90. The molecular formula is C14H20BrNO2S. The second kappa shape index (κ2) is 7.92. The smallest absolute Gasteiger partial charge is 0.323 e. The summed E-state index contributed by atoms with van der Waals surface area (Å²) in [6, 6.07) is 8.04. The van der Waals surface area contributed by atoms with E-state index in [0.717, 1.165) is 28.1 Å². The van der Waals surface area contributed by atoms with Crippen molar-refractivity contribution in [1.82, 2.24) is 5.32 Å². The number of hydrogen-bond acceptors (Lipinski definition) is 3. The van der Waals surface area contributed by atoms with Gasteiger partial charge in [0.05, 0.1) is 0 Å². The molecule has 0 saturated heterocycles. The summed E-state index contributed by atoms with van der Waals surface area (Å²) in [4.78, 5) is 12.5. The van der Waals surface area contributed by atoms with E-state index < -0.39 is 11.5 Å². The summed E-state index contributed by atoms with van der Waals surface area (Å²) in [5, 5.41) is 12.4. The summed E-state index contributed by atoms with van der Waals surface area (Å²) in [5.74, 6) is -0.00790. The fraction of sp³-hybridized carbons (Fsp3) is 0.500. The van der Waals surface area contributed by atoms with Crippen molar-refractivity contribution in [2.75, 3.05) is 12.3 Å². The van der Waals surface area contributed by atoms with Crippen molar-refractivity contribution in [1.29, 1.82) is 0 Å². The van der Waals surface area contributed by atoms with Gasteiger partial charge in [-0.15, -0.1) is 11.8 Å². The largest absolute Gasteiger partial charge is 0.480 e. The molecule has 19 heavy (non-hydrogen) atoms. The van der Waals surface area contributed by atoms with Crippen LogP contribution in [0.3, 0.4) is 0 Å². The molecule has 0 heterocycles. The lowest BCUT2D eigenvalue weighted by Crippen LogP contribution is -2.50. The van der Waals surface area contributed by atoms with E-state index in [1.165, 1.54) is 0 Å². The molecule has 2 N–H and O–H groups in total. The quantitative estimate of drug-likeness (QED) is 0.704. The molecule has 0 aliphatic rings. The molecule has 0 saturated carbocycles. The van der Waals surface area contributed by atoms with Crippen molar-refractivity contribution in [2.45, 2.75) is 37.1 Å². The van der Waals surface area contributed by atoms with E-state index in [1.807, 2.05) is 31.2 Å². The third kappa shape index (κ3) is 5.55. The number of benzene rings is 1. The maximum Gasteiger partial charge on any atom is 0.323 e. The van der Waals surface area contributed by atoms with Crippen LogP contribution in [0.5, 0.6) is 0 Å². The van der Waals surface area contributed by atoms with Gasteiger partial charge in [0.25, 0.3) is 0 Å². The van der Waals surface area contributed by atoms with Crippen molar-refractivity contribution >= 4 is 33.7 Å². The van der Waals surface area contributed by atoms with Gasteiger partial charge in [0.15, 0.2) is 0 Å². The lowest BCUT2D eigenvalue weighted by molar-refractivity contribution is -0.144. The van der Waals surface area contributed by atoms with Crippen molar-refractivity contribution < 1.29 is 9.90 Å². The Bertz CT molecular complexity index is 428. The van der Waals surface area contributed by atoms with Crippen molar-refractivity contribution in [3.8, 4) is 0 Å². The van der Waals surface area contributed by atoms with Crippen LogP contribution in [0.25, 0.3) is 0 Å². The molecule has 106 valence electrons. The highest BCUT2D eigenvalue weighted by atomic mass is 79.9. The van der Waals surface area contributed by atoms with E-state index in [1.54, 1.807) is 18.7 Å². The Morgan fingerprint density at radius 2 is 2.26 bits per heavy atom. The van der Waals surface area contributed by atoms with Crippen LogP contribution in [0.15, 0.2) is 33.6 Å². The first kappa shape index (κ1) is 16.5. The van der Waals surface area contributed by atoms with Gasteiger partial charge < -0.3 is 10.4 Å². The molecular weight excluding hydrogens is 326 g/mol. The Kier molecular flexibility index (Phi) is 6.89. The predicted molar refractivity (Wildman–Crippen MR) is 83.8 cm³/mol. The summed E-state index contributed by atoms with van der Waals surface area (Å²) < 4.78 is 1.04. The van der Waals surface area contributed by atoms with Gasteiger partial charge in [-0.25, -0.2) is 0 Å². The van der Waals surface area contributed by atoms with Crippen LogP contribution < -0.4 is 5.32 Å². The molecule has 0 aliphatic heterocycles. The second-order valence-electron chi connectivity index (χ2n) is 4.62. The normalized spacial score (nSPS) is 14.1. The second-order valence-corrected chi connectivity index (χ2v) is 6.70. The molecule has 0 spiro atoms. The highest BCUT2D eigenvalue weighted by molar-refractivity contribution is 9.10. The average molecular weight is 346 g/mol. The van der Waals surface area contributed by atoms with Crippen LogP contribution in [0.4, 0.5) is 0 Å². The van der Waals surface area contributed by atoms with E-state index in [-0.39, 0.29) is 0 Å². The van der Waals surface area contributed by atoms with E-state index in [9.17, 15) is 9.90 Å². The summed E-state index contributed by atoms with van der Waals surface area (Å²) >= 11 is 5.11. The minimum absolute atomic E-state index is 0.597. The number of carboxylic acids is 1. The zero-order chi connectivity index (χ0) is 14.3. The van der Waals surface area contributed by atoms with Gasteiger partial charge in [0, 0.05) is 15.1 Å². The van der Waals surface area contributed by atoms with Crippen molar-refractivity contribution in [3.05, 3.63) is 28.7 Å². The molecule has 0 radical (unpaired) electrons. The fourth-order valence-electron chi connectivity index (χ4n) is 1.60. The van der Waals surface area contributed by atoms with Crippen LogP contribution >= 0.6 is 27.7 Å². The molecule has 1 aromatic rings. The molecule has 5 heteroatoms. The minimum Gasteiger partial charge on any atom is -0.480 e. The van der Waals surface area contributed by atoms with Crippen LogP contribution in [-0.4, -0.2) is 28.9 Å². The Labute approximate surface area is 127 Å². The number of halogens is 1. The average Bonchev–Trinajstić information content (AvgIpc) is 2.36. The number of carbonyl (C=O) groups is 1. The first-order valence-electron chi connectivity index (χ1n) is 6.35. The first-order valence-corrected chi connectivity index (χ1v) is 8.12.